The number of carboxylic acid groups (broad SMARTS) is 1. The molecule has 11 heteroatoms. The van der Waals surface area contributed by atoms with Gasteiger partial charge in [-0.1, -0.05) is 32.6 Å². The number of amides is 4. The molecule has 0 bridgehead atoms. The minimum absolute atomic E-state index is 0.0150. The molecular weight excluding hydrogens is 496 g/mol. The average molecular weight is 539 g/mol. The number of Topliss-reactive ketones (excluding diaryl/α,β-unsaturated/α-hetero) is 1. The zero-order valence-corrected chi connectivity index (χ0v) is 23.7. The Kier molecular flexibility index (Phi) is 8.99. The zero-order valence-electron chi connectivity index (χ0n) is 22.8. The number of carboxylic acids is 1. The summed E-state index contributed by atoms with van der Waals surface area (Å²) in [6, 6.07) is -1.07. The summed E-state index contributed by atoms with van der Waals surface area (Å²) < 4.78 is -0.516. The van der Waals surface area contributed by atoms with Crippen molar-refractivity contribution in [3.8, 4) is 0 Å². The summed E-state index contributed by atoms with van der Waals surface area (Å²) in [5, 5.41) is 15.7. The van der Waals surface area contributed by atoms with Crippen molar-refractivity contribution in [2.75, 3.05) is 20.1 Å². The number of carbonyl (C=O) groups is 5. The Morgan fingerprint density at radius 1 is 1.16 bits per heavy atom. The highest BCUT2D eigenvalue weighted by Crippen LogP contribution is 2.42. The van der Waals surface area contributed by atoms with E-state index in [0.717, 1.165) is 37.0 Å². The predicted molar refractivity (Wildman–Crippen MR) is 141 cm³/mol. The van der Waals surface area contributed by atoms with Crippen molar-refractivity contribution in [1.82, 2.24) is 20.4 Å². The highest BCUT2D eigenvalue weighted by atomic mass is 32.2. The van der Waals surface area contributed by atoms with Gasteiger partial charge in [0, 0.05) is 31.3 Å². The molecule has 3 fully saturated rings. The zero-order chi connectivity index (χ0) is 27.7. The highest BCUT2D eigenvalue weighted by molar-refractivity contribution is 8.02. The molecule has 2 heterocycles. The van der Waals surface area contributed by atoms with Crippen LogP contribution in [0.25, 0.3) is 0 Å². The molecule has 3 unspecified atom stereocenters. The van der Waals surface area contributed by atoms with E-state index < -0.39 is 51.4 Å². The molecule has 0 radical (unpaired) electrons. The largest absolute Gasteiger partial charge is 0.481 e. The van der Waals surface area contributed by atoms with Gasteiger partial charge in [0.2, 0.25) is 5.91 Å². The van der Waals surface area contributed by atoms with Crippen LogP contribution in [-0.4, -0.2) is 86.3 Å². The number of hydrogen-bond acceptors (Lipinski definition) is 7. The number of imide groups is 1. The van der Waals surface area contributed by atoms with E-state index in [0.29, 0.717) is 6.54 Å². The highest BCUT2D eigenvalue weighted by Gasteiger charge is 2.52. The van der Waals surface area contributed by atoms with E-state index in [1.807, 2.05) is 20.8 Å². The first kappa shape index (κ1) is 29.4. The molecule has 37 heavy (non-hydrogen) atoms. The second-order valence-electron chi connectivity index (χ2n) is 11.6. The van der Waals surface area contributed by atoms with Gasteiger partial charge in [0.15, 0.2) is 5.78 Å². The van der Waals surface area contributed by atoms with E-state index in [-0.39, 0.29) is 30.6 Å². The van der Waals surface area contributed by atoms with Gasteiger partial charge in [0.25, 0.3) is 5.91 Å². The first-order valence-corrected chi connectivity index (χ1v) is 14.2. The number of rotatable bonds is 11. The SMILES string of the molecule is CCCNC(=O)C1NC(C(=O)CC(C2CCCC2)[C@@H](CN2C(=O)N(C)C(C)(C)C2=O)C(=O)O)SC1(C)C. The fourth-order valence-electron chi connectivity index (χ4n) is 5.76. The third-order valence-corrected chi connectivity index (χ3v) is 9.80. The molecule has 10 nitrogen and oxygen atoms in total. The maximum Gasteiger partial charge on any atom is 0.327 e. The number of urea groups is 1. The van der Waals surface area contributed by atoms with Gasteiger partial charge < -0.3 is 15.3 Å². The number of likely N-dealkylation sites (N-methyl/N-ethyl adjacent to an activating group) is 1. The summed E-state index contributed by atoms with van der Waals surface area (Å²) >= 11 is 1.39. The molecule has 0 aromatic rings. The number of aliphatic carboxylic acids is 1. The summed E-state index contributed by atoms with van der Waals surface area (Å²) in [6.07, 6.45) is 4.37. The third-order valence-electron chi connectivity index (χ3n) is 8.32. The van der Waals surface area contributed by atoms with Crippen molar-refractivity contribution in [1.29, 1.82) is 0 Å². The Hall–Kier alpha value is -2.14. The van der Waals surface area contributed by atoms with E-state index in [4.69, 9.17) is 0 Å². The molecule has 4 atom stereocenters. The van der Waals surface area contributed by atoms with Gasteiger partial charge in [0.05, 0.1) is 5.92 Å². The average Bonchev–Trinajstić information content (AvgIpc) is 3.50. The van der Waals surface area contributed by atoms with Crippen LogP contribution in [0, 0.1) is 17.8 Å². The van der Waals surface area contributed by atoms with Crippen LogP contribution in [0.5, 0.6) is 0 Å². The number of thioether (sulfide) groups is 1. The minimum atomic E-state index is -1.11. The molecule has 3 aliphatic rings. The lowest BCUT2D eigenvalue weighted by atomic mass is 9.77. The number of nitrogens with one attached hydrogen (secondary N) is 2. The second kappa shape index (κ2) is 11.3. The van der Waals surface area contributed by atoms with E-state index in [2.05, 4.69) is 10.6 Å². The van der Waals surface area contributed by atoms with E-state index in [1.165, 1.54) is 23.7 Å². The lowest BCUT2D eigenvalue weighted by Crippen LogP contribution is -2.51. The van der Waals surface area contributed by atoms with E-state index in [1.54, 1.807) is 13.8 Å². The van der Waals surface area contributed by atoms with Gasteiger partial charge in [0.1, 0.15) is 17.0 Å². The summed E-state index contributed by atoms with van der Waals surface area (Å²) in [4.78, 5) is 67.0. The minimum Gasteiger partial charge on any atom is -0.481 e. The van der Waals surface area contributed by atoms with E-state index in [9.17, 15) is 29.1 Å². The van der Waals surface area contributed by atoms with Crippen LogP contribution < -0.4 is 10.6 Å². The smallest absolute Gasteiger partial charge is 0.327 e. The summed E-state index contributed by atoms with van der Waals surface area (Å²) in [6.45, 7) is 9.39. The van der Waals surface area contributed by atoms with Gasteiger partial charge in [-0.3, -0.25) is 29.4 Å². The Labute approximate surface area is 223 Å². The molecular formula is C26H42N4O6S. The van der Waals surface area contributed by atoms with Crippen molar-refractivity contribution in [2.24, 2.45) is 17.8 Å². The molecule has 1 aliphatic carbocycles. The van der Waals surface area contributed by atoms with Gasteiger partial charge in [-0.2, -0.15) is 0 Å². The molecule has 0 aromatic heterocycles. The van der Waals surface area contributed by atoms with Crippen molar-refractivity contribution in [3.05, 3.63) is 0 Å². The maximum atomic E-state index is 13.6. The quantitative estimate of drug-likeness (QED) is 0.341. The lowest BCUT2D eigenvalue weighted by molar-refractivity contribution is -0.146. The summed E-state index contributed by atoms with van der Waals surface area (Å²) in [7, 11) is 1.53. The first-order valence-electron chi connectivity index (χ1n) is 13.3. The number of ketones is 1. The van der Waals surface area contributed by atoms with Crippen LogP contribution in [0.3, 0.4) is 0 Å². The van der Waals surface area contributed by atoms with Crippen LogP contribution in [-0.2, 0) is 19.2 Å². The van der Waals surface area contributed by atoms with Gasteiger partial charge in [-0.05, 0) is 46.0 Å². The fourth-order valence-corrected chi connectivity index (χ4v) is 7.11. The molecule has 0 spiro atoms. The monoisotopic (exact) mass is 538 g/mol. The van der Waals surface area contributed by atoms with Crippen molar-refractivity contribution >= 4 is 41.4 Å². The third kappa shape index (κ3) is 5.97. The number of nitrogens with zero attached hydrogens (tertiary/aromatic N) is 2. The molecule has 4 amide bonds. The fraction of sp³-hybridized carbons (Fsp3) is 0.808. The molecule has 3 N–H and O–H groups in total. The number of hydrogen-bond donors (Lipinski definition) is 3. The topological polar surface area (TPSA) is 136 Å². The molecule has 3 rings (SSSR count). The first-order chi connectivity index (χ1) is 17.2. The van der Waals surface area contributed by atoms with Crippen LogP contribution in [0.15, 0.2) is 0 Å². The molecule has 2 aliphatic heterocycles. The molecule has 2 saturated heterocycles. The Morgan fingerprint density at radius 3 is 2.30 bits per heavy atom. The van der Waals surface area contributed by atoms with E-state index >= 15 is 0 Å². The standard InChI is InChI=1S/C26H42N4O6S/c1-7-12-27-20(32)19-26(4,5)37-21(28-19)18(31)13-16(15-10-8-9-11-15)17(22(33)34)14-30-23(35)25(2,3)29(6)24(30)36/h15-17,19,21,28H,7-14H2,1-6H3,(H,27,32)(H,33,34)/t16?,17-,19?,21?/m1/s1. The molecule has 208 valence electrons. The van der Waals surface area contributed by atoms with Gasteiger partial charge in [-0.25, -0.2) is 4.79 Å². The van der Waals surface area contributed by atoms with Crippen LogP contribution in [0.4, 0.5) is 4.79 Å². The lowest BCUT2D eigenvalue weighted by Gasteiger charge is -2.31. The van der Waals surface area contributed by atoms with Gasteiger partial charge >= 0.3 is 12.0 Å². The molecule has 0 aromatic carbocycles. The summed E-state index contributed by atoms with van der Waals surface area (Å²) in [5.74, 6) is -3.38. The number of carbonyl (C=O) groups excluding carboxylic acids is 4. The Bertz CT molecular complexity index is 932. The molecule has 1 saturated carbocycles. The van der Waals surface area contributed by atoms with Crippen LogP contribution >= 0.6 is 11.8 Å². The second-order valence-corrected chi connectivity index (χ2v) is 13.4. The van der Waals surface area contributed by atoms with Crippen LogP contribution in [0.1, 0.15) is 73.1 Å². The summed E-state index contributed by atoms with van der Waals surface area (Å²) in [5.41, 5.74) is -1.05. The Morgan fingerprint density at radius 2 is 1.78 bits per heavy atom. The predicted octanol–water partition coefficient (Wildman–Crippen LogP) is 2.46. The normalized spacial score (nSPS) is 27.0. The van der Waals surface area contributed by atoms with Crippen molar-refractivity contribution in [3.63, 3.8) is 0 Å². The van der Waals surface area contributed by atoms with Crippen LogP contribution in [0.2, 0.25) is 0 Å². The van der Waals surface area contributed by atoms with Crippen molar-refractivity contribution < 1.29 is 29.1 Å². The van der Waals surface area contributed by atoms with Crippen molar-refractivity contribution in [2.45, 2.75) is 94.8 Å². The van der Waals surface area contributed by atoms with Gasteiger partial charge in [-0.15, -0.1) is 11.8 Å². The Balaban J connectivity index is 1.80. The maximum absolute atomic E-state index is 13.6.